The number of ether oxygens (including phenoxy) is 2. The number of hydrogen-bond acceptors (Lipinski definition) is 5. The van der Waals surface area contributed by atoms with E-state index < -0.39 is 6.61 Å². The molecule has 1 N–H and O–H groups in total. The summed E-state index contributed by atoms with van der Waals surface area (Å²) in [5, 5.41) is 3.39. The van der Waals surface area contributed by atoms with Crippen molar-refractivity contribution in [3.05, 3.63) is 23.8 Å². The number of nitrogens with zero attached hydrogens (tertiary/aromatic N) is 2. The normalized spacial score (nSPS) is 22.9. The van der Waals surface area contributed by atoms with E-state index in [9.17, 15) is 8.78 Å². The molecular weight excluding hydrogens is 316 g/mol. The van der Waals surface area contributed by atoms with E-state index in [4.69, 9.17) is 4.74 Å². The van der Waals surface area contributed by atoms with Crippen molar-refractivity contribution in [3.8, 4) is 11.5 Å². The summed E-state index contributed by atoms with van der Waals surface area (Å²) in [4.78, 5) is 4.98. The molecule has 3 rings (SSSR count). The highest BCUT2D eigenvalue weighted by atomic mass is 19.3. The lowest BCUT2D eigenvalue weighted by molar-refractivity contribution is -0.0512. The summed E-state index contributed by atoms with van der Waals surface area (Å²) < 4.78 is 34.4. The summed E-state index contributed by atoms with van der Waals surface area (Å²) in [5.74, 6) is 0.432. The SMILES string of the molecule is COc1cc(CN2CCC(N3CCNCC3)C2)ccc1OC(F)F. The number of halogens is 2. The van der Waals surface area contributed by atoms with Crippen LogP contribution in [-0.4, -0.2) is 68.8 Å². The van der Waals surface area contributed by atoms with Crippen molar-refractivity contribution in [1.82, 2.24) is 15.1 Å². The van der Waals surface area contributed by atoms with E-state index in [1.54, 1.807) is 12.1 Å². The van der Waals surface area contributed by atoms with Crippen molar-refractivity contribution >= 4 is 0 Å². The number of piperazine rings is 1. The van der Waals surface area contributed by atoms with Crippen LogP contribution in [0.2, 0.25) is 0 Å². The Morgan fingerprint density at radius 3 is 2.71 bits per heavy atom. The van der Waals surface area contributed by atoms with Crippen LogP contribution in [0.1, 0.15) is 12.0 Å². The van der Waals surface area contributed by atoms with Gasteiger partial charge < -0.3 is 14.8 Å². The van der Waals surface area contributed by atoms with E-state index in [2.05, 4.69) is 19.9 Å². The Bertz CT molecular complexity index is 539. The van der Waals surface area contributed by atoms with Crippen molar-refractivity contribution in [2.45, 2.75) is 25.6 Å². The smallest absolute Gasteiger partial charge is 0.387 e. The van der Waals surface area contributed by atoms with Gasteiger partial charge in [-0.05, 0) is 24.1 Å². The van der Waals surface area contributed by atoms with Gasteiger partial charge in [-0.15, -0.1) is 0 Å². The Labute approximate surface area is 141 Å². The number of benzene rings is 1. The molecule has 1 aromatic rings. The fourth-order valence-corrected chi connectivity index (χ4v) is 3.56. The van der Waals surface area contributed by atoms with Crippen LogP contribution in [0.4, 0.5) is 8.78 Å². The Morgan fingerprint density at radius 2 is 2.00 bits per heavy atom. The lowest BCUT2D eigenvalue weighted by Gasteiger charge is -2.32. The molecule has 2 aliphatic heterocycles. The largest absolute Gasteiger partial charge is 0.493 e. The minimum Gasteiger partial charge on any atom is -0.493 e. The first kappa shape index (κ1) is 17.4. The third-order valence-electron chi connectivity index (χ3n) is 4.77. The van der Waals surface area contributed by atoms with Crippen LogP contribution >= 0.6 is 0 Å². The predicted octanol–water partition coefficient (Wildman–Crippen LogP) is 1.78. The number of nitrogens with one attached hydrogen (secondary N) is 1. The molecule has 1 aromatic carbocycles. The molecule has 134 valence electrons. The van der Waals surface area contributed by atoms with Gasteiger partial charge in [0.05, 0.1) is 7.11 Å². The van der Waals surface area contributed by atoms with Gasteiger partial charge >= 0.3 is 6.61 Å². The van der Waals surface area contributed by atoms with Crippen LogP contribution in [0, 0.1) is 0 Å². The minimum absolute atomic E-state index is 0.0800. The lowest BCUT2D eigenvalue weighted by Crippen LogP contribution is -2.49. The minimum atomic E-state index is -2.84. The Morgan fingerprint density at radius 1 is 1.21 bits per heavy atom. The summed E-state index contributed by atoms with van der Waals surface area (Å²) >= 11 is 0. The van der Waals surface area contributed by atoms with Crippen LogP contribution < -0.4 is 14.8 Å². The summed E-state index contributed by atoms with van der Waals surface area (Å²) in [6.45, 7) is 4.44. The molecular formula is C17H25F2N3O2. The molecule has 2 heterocycles. The average Bonchev–Trinajstić information content (AvgIpc) is 3.05. The molecule has 24 heavy (non-hydrogen) atoms. The van der Waals surface area contributed by atoms with E-state index in [1.807, 2.05) is 6.07 Å². The van der Waals surface area contributed by atoms with Crippen LogP contribution in [-0.2, 0) is 6.54 Å². The molecule has 0 aromatic heterocycles. The quantitative estimate of drug-likeness (QED) is 0.854. The van der Waals surface area contributed by atoms with Crippen molar-refractivity contribution in [2.75, 3.05) is 46.4 Å². The standard InChI is InChI=1S/C17H25F2N3O2/c1-23-16-10-13(2-3-15(16)24-17(18)19)11-21-7-4-14(12-21)22-8-5-20-6-9-22/h2-3,10,14,17,20H,4-9,11-12H2,1H3. The van der Waals surface area contributed by atoms with Crippen molar-refractivity contribution in [2.24, 2.45) is 0 Å². The van der Waals surface area contributed by atoms with Gasteiger partial charge in [-0.2, -0.15) is 8.78 Å². The van der Waals surface area contributed by atoms with Crippen molar-refractivity contribution in [1.29, 1.82) is 0 Å². The van der Waals surface area contributed by atoms with E-state index in [1.165, 1.54) is 13.5 Å². The summed E-state index contributed by atoms with van der Waals surface area (Å²) in [5.41, 5.74) is 1.05. The average molecular weight is 341 g/mol. The zero-order valence-corrected chi connectivity index (χ0v) is 14.0. The van der Waals surface area contributed by atoms with Gasteiger partial charge in [-0.25, -0.2) is 0 Å². The first-order chi connectivity index (χ1) is 11.7. The molecule has 2 aliphatic rings. The highest BCUT2D eigenvalue weighted by molar-refractivity contribution is 5.43. The van der Waals surface area contributed by atoms with E-state index in [0.717, 1.165) is 51.4 Å². The Balaban J connectivity index is 1.58. The molecule has 1 atom stereocenters. The van der Waals surface area contributed by atoms with Crippen LogP contribution in [0.3, 0.4) is 0 Å². The predicted molar refractivity (Wildman–Crippen MR) is 87.8 cm³/mol. The van der Waals surface area contributed by atoms with Gasteiger partial charge in [0.1, 0.15) is 0 Å². The lowest BCUT2D eigenvalue weighted by atomic mass is 10.2. The number of hydrogen-bond donors (Lipinski definition) is 1. The highest BCUT2D eigenvalue weighted by Crippen LogP contribution is 2.30. The highest BCUT2D eigenvalue weighted by Gasteiger charge is 2.28. The molecule has 5 nitrogen and oxygen atoms in total. The fourth-order valence-electron chi connectivity index (χ4n) is 3.56. The van der Waals surface area contributed by atoms with Gasteiger partial charge in [0.2, 0.25) is 0 Å². The Kier molecular flexibility index (Phi) is 5.86. The van der Waals surface area contributed by atoms with Crippen molar-refractivity contribution < 1.29 is 18.3 Å². The number of methoxy groups -OCH3 is 1. The molecule has 2 fully saturated rings. The molecule has 0 saturated carbocycles. The second kappa shape index (κ2) is 8.09. The fraction of sp³-hybridized carbons (Fsp3) is 0.647. The number of likely N-dealkylation sites (tertiary alicyclic amines) is 1. The first-order valence-electron chi connectivity index (χ1n) is 8.44. The second-order valence-electron chi connectivity index (χ2n) is 6.33. The zero-order chi connectivity index (χ0) is 16.9. The summed E-state index contributed by atoms with van der Waals surface area (Å²) in [7, 11) is 1.47. The van der Waals surface area contributed by atoms with Crippen molar-refractivity contribution in [3.63, 3.8) is 0 Å². The molecule has 0 radical (unpaired) electrons. The number of alkyl halides is 2. The van der Waals surface area contributed by atoms with Crippen LogP contribution in [0.25, 0.3) is 0 Å². The molecule has 0 amide bonds. The van der Waals surface area contributed by atoms with Gasteiger partial charge in [0.15, 0.2) is 11.5 Å². The summed E-state index contributed by atoms with van der Waals surface area (Å²) in [6.07, 6.45) is 1.18. The third kappa shape index (κ3) is 4.34. The monoisotopic (exact) mass is 341 g/mol. The van der Waals surface area contributed by atoms with Gasteiger partial charge in [0.25, 0.3) is 0 Å². The van der Waals surface area contributed by atoms with Gasteiger partial charge in [-0.1, -0.05) is 6.07 Å². The van der Waals surface area contributed by atoms with E-state index in [0.29, 0.717) is 11.8 Å². The first-order valence-corrected chi connectivity index (χ1v) is 8.44. The number of rotatable bonds is 6. The van der Waals surface area contributed by atoms with Gasteiger partial charge in [-0.3, -0.25) is 9.80 Å². The molecule has 0 spiro atoms. The summed E-state index contributed by atoms with van der Waals surface area (Å²) in [6, 6.07) is 5.80. The third-order valence-corrected chi connectivity index (χ3v) is 4.77. The maximum atomic E-state index is 12.4. The maximum Gasteiger partial charge on any atom is 0.387 e. The topological polar surface area (TPSA) is 37.0 Å². The second-order valence-corrected chi connectivity index (χ2v) is 6.33. The zero-order valence-electron chi connectivity index (χ0n) is 14.0. The molecule has 0 aliphatic carbocycles. The molecule has 7 heteroatoms. The molecule has 2 saturated heterocycles. The Hall–Kier alpha value is -1.44. The molecule has 0 bridgehead atoms. The maximum absolute atomic E-state index is 12.4. The van der Waals surface area contributed by atoms with Crippen LogP contribution in [0.5, 0.6) is 11.5 Å². The van der Waals surface area contributed by atoms with Gasteiger partial charge in [0, 0.05) is 51.9 Å². The molecule has 1 unspecified atom stereocenters. The van der Waals surface area contributed by atoms with E-state index >= 15 is 0 Å². The van der Waals surface area contributed by atoms with E-state index in [-0.39, 0.29) is 5.75 Å². The van der Waals surface area contributed by atoms with Crippen LogP contribution in [0.15, 0.2) is 18.2 Å².